The predicted octanol–water partition coefficient (Wildman–Crippen LogP) is 4.41. The van der Waals surface area contributed by atoms with Gasteiger partial charge in [0.15, 0.2) is 0 Å². The first-order chi connectivity index (χ1) is 9.25. The molecule has 1 aromatic rings. The van der Waals surface area contributed by atoms with E-state index in [0.717, 1.165) is 28.0 Å². The number of phenolic OH excluding ortho intramolecular Hbond substituents is 1. The summed E-state index contributed by atoms with van der Waals surface area (Å²) < 4.78 is 12.2. The van der Waals surface area contributed by atoms with Crippen LogP contribution in [0.25, 0.3) is 0 Å². The molecule has 3 heteroatoms. The van der Waals surface area contributed by atoms with Crippen molar-refractivity contribution in [2.75, 3.05) is 0 Å². The van der Waals surface area contributed by atoms with Crippen molar-refractivity contribution in [3.63, 3.8) is 0 Å². The lowest BCUT2D eigenvalue weighted by Crippen LogP contribution is -2.35. The van der Waals surface area contributed by atoms with Crippen molar-refractivity contribution < 1.29 is 14.6 Å². The smallest absolute Gasteiger partial charge is 0.202 e. The van der Waals surface area contributed by atoms with Gasteiger partial charge in [0.2, 0.25) is 6.29 Å². The normalized spacial score (nSPS) is 22.1. The zero-order valence-electron chi connectivity index (χ0n) is 13.6. The fourth-order valence-corrected chi connectivity index (χ4v) is 2.76. The fraction of sp³-hybridized carbons (Fsp3) is 0.647. The highest BCUT2D eigenvalue weighted by Crippen LogP contribution is 2.47. The Morgan fingerprint density at radius 1 is 0.900 bits per heavy atom. The van der Waals surface area contributed by atoms with Crippen LogP contribution in [0.1, 0.15) is 56.1 Å². The molecule has 0 unspecified atom stereocenters. The number of phenols is 1. The molecule has 0 fully saturated rings. The van der Waals surface area contributed by atoms with Crippen LogP contribution >= 0.6 is 0 Å². The molecule has 1 aromatic carbocycles. The van der Waals surface area contributed by atoms with Crippen molar-refractivity contribution in [1.82, 2.24) is 0 Å². The molecule has 0 saturated carbocycles. The number of fused-ring (bicyclic) bond motifs is 1. The molecule has 0 spiro atoms. The lowest BCUT2D eigenvalue weighted by Gasteiger charge is -2.38. The third-order valence-electron chi connectivity index (χ3n) is 4.21. The van der Waals surface area contributed by atoms with E-state index in [1.807, 2.05) is 20.8 Å². The van der Waals surface area contributed by atoms with Crippen LogP contribution in [0.15, 0.2) is 0 Å². The molecule has 0 aliphatic carbocycles. The van der Waals surface area contributed by atoms with Gasteiger partial charge in [-0.3, -0.25) is 0 Å². The van der Waals surface area contributed by atoms with Gasteiger partial charge < -0.3 is 14.6 Å². The minimum atomic E-state index is -0.225. The fourth-order valence-electron chi connectivity index (χ4n) is 2.76. The van der Waals surface area contributed by atoms with E-state index < -0.39 is 0 Å². The van der Waals surface area contributed by atoms with Crippen molar-refractivity contribution in [1.29, 1.82) is 0 Å². The molecular weight excluding hydrogens is 252 g/mol. The molecule has 1 aliphatic heterocycles. The molecule has 0 aromatic heterocycles. The van der Waals surface area contributed by atoms with E-state index >= 15 is 0 Å². The number of ether oxygens (including phenoxy) is 2. The molecule has 0 radical (unpaired) electrons. The van der Waals surface area contributed by atoms with Crippen LogP contribution in [-0.2, 0) is 4.74 Å². The van der Waals surface area contributed by atoms with Gasteiger partial charge >= 0.3 is 0 Å². The average molecular weight is 278 g/mol. The van der Waals surface area contributed by atoms with Crippen molar-refractivity contribution in [3.8, 4) is 11.5 Å². The van der Waals surface area contributed by atoms with Crippen LogP contribution in [0.4, 0.5) is 0 Å². The lowest BCUT2D eigenvalue weighted by molar-refractivity contribution is -0.174. The Labute approximate surface area is 121 Å². The summed E-state index contributed by atoms with van der Waals surface area (Å²) in [6.07, 6.45) is -0.256. The topological polar surface area (TPSA) is 38.7 Å². The van der Waals surface area contributed by atoms with Crippen LogP contribution in [0.3, 0.4) is 0 Å². The minimum absolute atomic E-state index is 0.0312. The van der Waals surface area contributed by atoms with E-state index in [1.165, 1.54) is 0 Å². The van der Waals surface area contributed by atoms with E-state index in [9.17, 15) is 5.11 Å². The highest BCUT2D eigenvalue weighted by Gasteiger charge is 2.36. The van der Waals surface area contributed by atoms with E-state index in [-0.39, 0.29) is 12.4 Å². The van der Waals surface area contributed by atoms with Gasteiger partial charge in [-0.2, -0.15) is 0 Å². The molecule has 0 bridgehead atoms. The lowest BCUT2D eigenvalue weighted by atomic mass is 9.88. The SMILES string of the molecule is Cc1c(C)c2c(c(C)c1O)[C@@H](C(C)C)O[C@H](C(C)C)O2. The summed E-state index contributed by atoms with van der Waals surface area (Å²) in [5.41, 5.74) is 3.80. The molecule has 112 valence electrons. The van der Waals surface area contributed by atoms with Crippen LogP contribution in [0.2, 0.25) is 0 Å². The maximum absolute atomic E-state index is 10.3. The van der Waals surface area contributed by atoms with E-state index in [1.54, 1.807) is 0 Å². The Morgan fingerprint density at radius 3 is 2.00 bits per heavy atom. The second kappa shape index (κ2) is 5.28. The predicted molar refractivity (Wildman–Crippen MR) is 80.2 cm³/mol. The second-order valence-electron chi connectivity index (χ2n) is 6.50. The molecule has 0 saturated heterocycles. The first kappa shape index (κ1) is 15.2. The highest BCUT2D eigenvalue weighted by atomic mass is 16.7. The standard InChI is InChI=1S/C17H26O3/c1-8(2)15-13-12(7)14(18)10(5)11(6)16(13)20-17(19-15)9(3)4/h8-9,15,17-18H,1-7H3/t15-,17+/m1/s1. The Balaban J connectivity index is 2.65. The zero-order valence-corrected chi connectivity index (χ0v) is 13.6. The summed E-state index contributed by atoms with van der Waals surface area (Å²) in [6, 6.07) is 0. The van der Waals surface area contributed by atoms with Crippen LogP contribution in [0, 0.1) is 32.6 Å². The van der Waals surface area contributed by atoms with Gasteiger partial charge in [-0.25, -0.2) is 0 Å². The van der Waals surface area contributed by atoms with Gasteiger partial charge in [-0.15, -0.1) is 0 Å². The third kappa shape index (κ3) is 2.28. The maximum Gasteiger partial charge on any atom is 0.202 e. The van der Waals surface area contributed by atoms with Crippen LogP contribution in [0.5, 0.6) is 11.5 Å². The van der Waals surface area contributed by atoms with Gasteiger partial charge in [0, 0.05) is 17.0 Å². The number of aromatic hydroxyl groups is 1. The minimum Gasteiger partial charge on any atom is -0.507 e. The number of hydrogen-bond donors (Lipinski definition) is 1. The van der Waals surface area contributed by atoms with Gasteiger partial charge in [-0.1, -0.05) is 27.7 Å². The Morgan fingerprint density at radius 2 is 1.50 bits per heavy atom. The van der Waals surface area contributed by atoms with E-state index in [4.69, 9.17) is 9.47 Å². The Bertz CT molecular complexity index is 518. The third-order valence-corrected chi connectivity index (χ3v) is 4.21. The maximum atomic E-state index is 10.3. The largest absolute Gasteiger partial charge is 0.507 e. The molecule has 20 heavy (non-hydrogen) atoms. The highest BCUT2D eigenvalue weighted by molar-refractivity contribution is 5.58. The summed E-state index contributed by atoms with van der Waals surface area (Å²) in [4.78, 5) is 0. The molecule has 3 nitrogen and oxygen atoms in total. The number of benzene rings is 1. The summed E-state index contributed by atoms with van der Waals surface area (Å²) in [5, 5.41) is 10.3. The monoisotopic (exact) mass is 278 g/mol. The van der Waals surface area contributed by atoms with Crippen molar-refractivity contribution in [2.24, 2.45) is 11.8 Å². The van der Waals surface area contributed by atoms with Crippen molar-refractivity contribution >= 4 is 0 Å². The first-order valence-corrected chi connectivity index (χ1v) is 7.40. The van der Waals surface area contributed by atoms with Gasteiger partial charge in [0.1, 0.15) is 11.5 Å². The average Bonchev–Trinajstić information content (AvgIpc) is 2.41. The molecule has 1 N–H and O–H groups in total. The number of rotatable bonds is 2. The van der Waals surface area contributed by atoms with Crippen molar-refractivity contribution in [2.45, 2.75) is 60.9 Å². The molecule has 0 amide bonds. The Kier molecular flexibility index (Phi) is 4.01. The molecule has 2 atom stereocenters. The first-order valence-electron chi connectivity index (χ1n) is 7.40. The summed E-state index contributed by atoms with van der Waals surface area (Å²) in [6.45, 7) is 14.4. The van der Waals surface area contributed by atoms with Crippen LogP contribution in [-0.4, -0.2) is 11.4 Å². The second-order valence-corrected chi connectivity index (χ2v) is 6.50. The van der Waals surface area contributed by atoms with Crippen molar-refractivity contribution in [3.05, 3.63) is 22.3 Å². The summed E-state index contributed by atoms with van der Waals surface area (Å²) in [5.74, 6) is 1.89. The molecule has 1 aliphatic rings. The van der Waals surface area contributed by atoms with E-state index in [2.05, 4.69) is 27.7 Å². The van der Waals surface area contributed by atoms with E-state index in [0.29, 0.717) is 17.6 Å². The van der Waals surface area contributed by atoms with Gasteiger partial charge in [0.05, 0.1) is 6.10 Å². The quantitative estimate of drug-likeness (QED) is 0.871. The summed E-state index contributed by atoms with van der Waals surface area (Å²) >= 11 is 0. The van der Waals surface area contributed by atoms with Gasteiger partial charge in [-0.05, 0) is 37.8 Å². The summed E-state index contributed by atoms with van der Waals surface area (Å²) in [7, 11) is 0. The van der Waals surface area contributed by atoms with Gasteiger partial charge in [0.25, 0.3) is 0 Å². The molecular formula is C17H26O3. The number of hydrogen-bond acceptors (Lipinski definition) is 3. The molecule has 2 rings (SSSR count). The molecule has 1 heterocycles. The Hall–Kier alpha value is -1.22. The van der Waals surface area contributed by atoms with Crippen LogP contribution < -0.4 is 4.74 Å². The zero-order chi connectivity index (χ0) is 15.2.